The third-order valence-electron chi connectivity index (χ3n) is 2.88. The Labute approximate surface area is 134 Å². The number of amides is 1. The second kappa shape index (κ2) is 6.18. The van der Waals surface area contributed by atoms with Crippen LogP contribution in [0.15, 0.2) is 36.4 Å². The molecule has 0 heterocycles. The van der Waals surface area contributed by atoms with Crippen molar-refractivity contribution in [3.63, 3.8) is 0 Å². The molecule has 0 atom stereocenters. The zero-order chi connectivity index (χ0) is 16.5. The van der Waals surface area contributed by atoms with Crippen LogP contribution < -0.4 is 5.32 Å². The number of anilines is 1. The number of carbonyl (C=O) groups is 1. The van der Waals surface area contributed by atoms with E-state index in [1.807, 2.05) is 0 Å². The molecule has 7 heteroatoms. The van der Waals surface area contributed by atoms with Gasteiger partial charge in [0.15, 0.2) is 0 Å². The SMILES string of the molecule is CC(F)(F)c1cc(C(=O)Nc2ccc(F)c(Cl)c2)ccc1Cl. The minimum atomic E-state index is -3.17. The zero-order valence-electron chi connectivity index (χ0n) is 11.3. The molecule has 0 aliphatic carbocycles. The van der Waals surface area contributed by atoms with Crippen LogP contribution in [0.5, 0.6) is 0 Å². The summed E-state index contributed by atoms with van der Waals surface area (Å²) >= 11 is 11.3. The molecule has 2 rings (SSSR count). The molecule has 22 heavy (non-hydrogen) atoms. The van der Waals surface area contributed by atoms with E-state index in [9.17, 15) is 18.0 Å². The highest BCUT2D eigenvalue weighted by Crippen LogP contribution is 2.33. The summed E-state index contributed by atoms with van der Waals surface area (Å²) in [4.78, 5) is 12.1. The summed E-state index contributed by atoms with van der Waals surface area (Å²) < 4.78 is 39.9. The Balaban J connectivity index is 2.28. The molecule has 0 spiro atoms. The Kier molecular flexibility index (Phi) is 4.68. The molecule has 0 bridgehead atoms. The lowest BCUT2D eigenvalue weighted by molar-refractivity contribution is 0.0175. The molecule has 0 radical (unpaired) electrons. The summed E-state index contributed by atoms with van der Waals surface area (Å²) in [6, 6.07) is 7.18. The second-order valence-electron chi connectivity index (χ2n) is 4.67. The average molecular weight is 348 g/mol. The highest BCUT2D eigenvalue weighted by atomic mass is 35.5. The number of hydrogen-bond acceptors (Lipinski definition) is 1. The molecule has 2 aromatic rings. The van der Waals surface area contributed by atoms with Crippen LogP contribution in [0.4, 0.5) is 18.9 Å². The predicted octanol–water partition coefficient (Wildman–Crippen LogP) is 5.50. The summed E-state index contributed by atoms with van der Waals surface area (Å²) in [6.07, 6.45) is 0. The Bertz CT molecular complexity index is 729. The van der Waals surface area contributed by atoms with Crippen molar-refractivity contribution in [3.8, 4) is 0 Å². The van der Waals surface area contributed by atoms with Crippen LogP contribution in [0, 0.1) is 5.82 Å². The van der Waals surface area contributed by atoms with Crippen LogP contribution in [-0.4, -0.2) is 5.91 Å². The van der Waals surface area contributed by atoms with E-state index in [0.29, 0.717) is 6.92 Å². The first kappa shape index (κ1) is 16.6. The highest BCUT2D eigenvalue weighted by Gasteiger charge is 2.28. The summed E-state index contributed by atoms with van der Waals surface area (Å²) in [5, 5.41) is 2.16. The molecule has 2 nitrogen and oxygen atoms in total. The van der Waals surface area contributed by atoms with Crippen LogP contribution in [0.2, 0.25) is 10.0 Å². The van der Waals surface area contributed by atoms with E-state index < -0.39 is 23.2 Å². The summed E-state index contributed by atoms with van der Waals surface area (Å²) in [5.41, 5.74) is -0.198. The van der Waals surface area contributed by atoms with Gasteiger partial charge in [0.25, 0.3) is 11.8 Å². The van der Waals surface area contributed by atoms with Gasteiger partial charge in [-0.2, -0.15) is 0 Å². The smallest absolute Gasteiger partial charge is 0.271 e. The van der Waals surface area contributed by atoms with Crippen molar-refractivity contribution < 1.29 is 18.0 Å². The first-order chi connectivity index (χ1) is 10.2. The molecular formula is C15H10Cl2F3NO. The van der Waals surface area contributed by atoms with Crippen LogP contribution in [-0.2, 0) is 5.92 Å². The van der Waals surface area contributed by atoms with Crippen molar-refractivity contribution >= 4 is 34.8 Å². The largest absolute Gasteiger partial charge is 0.322 e. The summed E-state index contributed by atoms with van der Waals surface area (Å²) in [6.45, 7) is 0.690. The van der Waals surface area contributed by atoms with Crippen molar-refractivity contribution in [3.05, 3.63) is 63.4 Å². The maximum absolute atomic E-state index is 13.4. The number of hydrogen-bond donors (Lipinski definition) is 1. The van der Waals surface area contributed by atoms with Gasteiger partial charge in [0.2, 0.25) is 0 Å². The number of carbonyl (C=O) groups excluding carboxylic acids is 1. The normalized spacial score (nSPS) is 11.4. The Morgan fingerprint density at radius 3 is 2.36 bits per heavy atom. The van der Waals surface area contributed by atoms with E-state index in [0.717, 1.165) is 12.1 Å². The van der Waals surface area contributed by atoms with Crippen molar-refractivity contribution in [2.45, 2.75) is 12.8 Å². The van der Waals surface area contributed by atoms with Gasteiger partial charge < -0.3 is 5.32 Å². The van der Waals surface area contributed by atoms with Crippen molar-refractivity contribution in [2.75, 3.05) is 5.32 Å². The molecule has 0 aromatic heterocycles. The third kappa shape index (κ3) is 3.72. The second-order valence-corrected chi connectivity index (χ2v) is 5.48. The first-order valence-corrected chi connectivity index (χ1v) is 6.88. The average Bonchev–Trinajstić information content (AvgIpc) is 2.42. The van der Waals surface area contributed by atoms with E-state index in [2.05, 4.69) is 5.32 Å². The van der Waals surface area contributed by atoms with E-state index in [-0.39, 0.29) is 21.3 Å². The van der Waals surface area contributed by atoms with E-state index in [1.54, 1.807) is 0 Å². The standard InChI is InChI=1S/C15H10Cl2F3NO/c1-15(19,20)10-6-8(2-4-11(10)16)14(22)21-9-3-5-13(18)12(17)7-9/h2-7H,1H3,(H,21,22). The predicted molar refractivity (Wildman–Crippen MR) is 80.4 cm³/mol. The summed E-state index contributed by atoms with van der Waals surface area (Å²) in [5.74, 6) is -4.43. The topological polar surface area (TPSA) is 29.1 Å². The third-order valence-corrected chi connectivity index (χ3v) is 3.50. The highest BCUT2D eigenvalue weighted by molar-refractivity contribution is 6.31. The minimum Gasteiger partial charge on any atom is -0.322 e. The lowest BCUT2D eigenvalue weighted by Crippen LogP contribution is -2.15. The molecule has 0 aliphatic heterocycles. The van der Waals surface area contributed by atoms with Gasteiger partial charge in [-0.25, -0.2) is 13.2 Å². The molecular weight excluding hydrogens is 338 g/mol. The van der Waals surface area contributed by atoms with Crippen LogP contribution in [0.25, 0.3) is 0 Å². The number of nitrogens with one attached hydrogen (secondary N) is 1. The molecule has 116 valence electrons. The fourth-order valence-corrected chi connectivity index (χ4v) is 2.24. The molecule has 0 saturated carbocycles. The lowest BCUT2D eigenvalue weighted by Gasteiger charge is -2.14. The van der Waals surface area contributed by atoms with Crippen molar-refractivity contribution in [2.24, 2.45) is 0 Å². The van der Waals surface area contributed by atoms with Gasteiger partial charge in [0.1, 0.15) is 5.82 Å². The number of benzene rings is 2. The van der Waals surface area contributed by atoms with Gasteiger partial charge in [0.05, 0.1) is 5.02 Å². The Morgan fingerprint density at radius 2 is 1.77 bits per heavy atom. The van der Waals surface area contributed by atoms with Crippen molar-refractivity contribution in [1.82, 2.24) is 0 Å². The number of rotatable bonds is 3. The zero-order valence-corrected chi connectivity index (χ0v) is 12.8. The molecule has 0 fully saturated rings. The van der Waals surface area contributed by atoms with Gasteiger partial charge in [0, 0.05) is 28.8 Å². The maximum Gasteiger partial charge on any atom is 0.271 e. The quantitative estimate of drug-likeness (QED) is 0.780. The van der Waals surface area contributed by atoms with E-state index in [4.69, 9.17) is 23.2 Å². The van der Waals surface area contributed by atoms with Crippen LogP contribution in [0.3, 0.4) is 0 Å². The van der Waals surface area contributed by atoms with Gasteiger partial charge >= 0.3 is 0 Å². The fraction of sp³-hybridized carbons (Fsp3) is 0.133. The minimum absolute atomic E-state index is 0.00127. The molecule has 0 saturated heterocycles. The molecule has 1 N–H and O–H groups in total. The fourth-order valence-electron chi connectivity index (χ4n) is 1.78. The first-order valence-electron chi connectivity index (χ1n) is 6.13. The van der Waals surface area contributed by atoms with Gasteiger partial charge in [-0.05, 0) is 36.4 Å². The molecule has 0 aliphatic rings. The van der Waals surface area contributed by atoms with Gasteiger partial charge in [-0.15, -0.1) is 0 Å². The van der Waals surface area contributed by atoms with Crippen molar-refractivity contribution in [1.29, 1.82) is 0 Å². The number of alkyl halides is 2. The maximum atomic E-state index is 13.4. The monoisotopic (exact) mass is 347 g/mol. The lowest BCUT2D eigenvalue weighted by atomic mass is 10.1. The van der Waals surface area contributed by atoms with Crippen LogP contribution in [0.1, 0.15) is 22.8 Å². The molecule has 0 unspecified atom stereocenters. The number of halogens is 5. The Morgan fingerprint density at radius 1 is 1.09 bits per heavy atom. The van der Waals surface area contributed by atoms with Gasteiger partial charge in [-0.3, -0.25) is 4.79 Å². The van der Waals surface area contributed by atoms with E-state index >= 15 is 0 Å². The molecule has 2 aromatic carbocycles. The Hall–Kier alpha value is -1.72. The van der Waals surface area contributed by atoms with Crippen LogP contribution >= 0.6 is 23.2 Å². The summed E-state index contributed by atoms with van der Waals surface area (Å²) in [7, 11) is 0. The molecule has 1 amide bonds. The van der Waals surface area contributed by atoms with Gasteiger partial charge in [-0.1, -0.05) is 23.2 Å². The van der Waals surface area contributed by atoms with E-state index in [1.165, 1.54) is 24.3 Å².